The number of aliphatic hydroxyl groups is 1. The predicted molar refractivity (Wildman–Crippen MR) is 101 cm³/mol. The number of aliphatic carboxylic acids is 1. The number of thiol groups is 1. The van der Waals surface area contributed by atoms with Crippen molar-refractivity contribution in [3.8, 4) is 0 Å². The van der Waals surface area contributed by atoms with Crippen molar-refractivity contribution in [3.05, 3.63) is 0 Å². The van der Waals surface area contributed by atoms with Crippen LogP contribution in [0.4, 0.5) is 0 Å². The van der Waals surface area contributed by atoms with Gasteiger partial charge in [0, 0.05) is 5.75 Å². The quantitative estimate of drug-likeness (QED) is 0.116. The number of nitrogens with one attached hydrogen (secondary N) is 3. The Morgan fingerprint density at radius 1 is 1.00 bits per heavy atom. The van der Waals surface area contributed by atoms with Crippen molar-refractivity contribution in [2.24, 2.45) is 11.5 Å². The molecule has 0 aromatic carbocycles. The number of carboxylic acid groups (broad SMARTS) is 1. The highest BCUT2D eigenvalue weighted by Gasteiger charge is 2.27. The van der Waals surface area contributed by atoms with Crippen molar-refractivity contribution >= 4 is 36.3 Å². The first-order chi connectivity index (χ1) is 12.7. The number of rotatable bonds is 13. The van der Waals surface area contributed by atoms with E-state index in [1.165, 1.54) is 6.92 Å². The van der Waals surface area contributed by atoms with Gasteiger partial charge in [-0.05, 0) is 26.3 Å². The third-order valence-electron chi connectivity index (χ3n) is 3.67. The second-order valence-corrected chi connectivity index (χ2v) is 6.31. The third kappa shape index (κ3) is 9.56. The van der Waals surface area contributed by atoms with E-state index in [4.69, 9.17) is 21.7 Å². The zero-order valence-corrected chi connectivity index (χ0v) is 16.1. The van der Waals surface area contributed by atoms with Crippen LogP contribution >= 0.6 is 12.6 Å². The van der Waals surface area contributed by atoms with Crippen LogP contribution in [-0.2, 0) is 19.2 Å². The lowest BCUT2D eigenvalue weighted by atomic mass is 10.1. The topological polar surface area (TPSA) is 197 Å². The first kappa shape index (κ1) is 25.1. The van der Waals surface area contributed by atoms with Gasteiger partial charge in [0.05, 0.1) is 12.6 Å². The normalized spacial score (nSPS) is 15.1. The zero-order valence-electron chi connectivity index (χ0n) is 15.2. The van der Waals surface area contributed by atoms with Crippen LogP contribution in [0.15, 0.2) is 0 Å². The molecule has 0 spiro atoms. The maximum absolute atomic E-state index is 12.2. The lowest BCUT2D eigenvalue weighted by molar-refractivity contribution is -0.143. The van der Waals surface area contributed by atoms with Gasteiger partial charge in [-0.3, -0.25) is 14.4 Å². The van der Waals surface area contributed by atoms with Gasteiger partial charge in [-0.2, -0.15) is 12.6 Å². The molecule has 0 saturated carbocycles. The molecule has 0 aliphatic carbocycles. The van der Waals surface area contributed by atoms with Crippen molar-refractivity contribution in [2.45, 2.75) is 50.4 Å². The molecule has 0 rings (SSSR count). The van der Waals surface area contributed by atoms with Crippen LogP contribution < -0.4 is 27.4 Å². The summed E-state index contributed by atoms with van der Waals surface area (Å²) in [6.07, 6.45) is 1.85. The van der Waals surface area contributed by atoms with Gasteiger partial charge in [0.2, 0.25) is 17.7 Å². The number of hydrogen-bond acceptors (Lipinski definition) is 8. The van der Waals surface area contributed by atoms with Crippen LogP contribution in [0.1, 0.15) is 26.2 Å². The molecule has 4 atom stereocenters. The molecule has 9 N–H and O–H groups in total. The second kappa shape index (κ2) is 13.3. The van der Waals surface area contributed by atoms with E-state index in [0.29, 0.717) is 19.4 Å². The van der Waals surface area contributed by atoms with E-state index >= 15 is 0 Å². The number of nitrogens with two attached hydrogens (primary N) is 2. The average Bonchev–Trinajstić information content (AvgIpc) is 2.63. The lowest BCUT2D eigenvalue weighted by Gasteiger charge is -2.22. The molecule has 4 unspecified atom stereocenters. The first-order valence-corrected chi connectivity index (χ1v) is 9.12. The summed E-state index contributed by atoms with van der Waals surface area (Å²) in [6.45, 7) is 1.11. The highest BCUT2D eigenvalue weighted by atomic mass is 32.1. The monoisotopic (exact) mass is 407 g/mol. The minimum Gasteiger partial charge on any atom is -0.480 e. The Kier molecular flexibility index (Phi) is 12.4. The molecule has 3 amide bonds. The first-order valence-electron chi connectivity index (χ1n) is 8.49. The number of carbonyl (C=O) groups excluding carboxylic acids is 3. The second-order valence-electron chi connectivity index (χ2n) is 5.95. The van der Waals surface area contributed by atoms with Crippen LogP contribution in [0.3, 0.4) is 0 Å². The molecule has 0 aromatic rings. The fourth-order valence-electron chi connectivity index (χ4n) is 1.97. The van der Waals surface area contributed by atoms with E-state index < -0.39 is 54.5 Å². The molecule has 27 heavy (non-hydrogen) atoms. The Hall–Kier alpha value is -1.89. The number of amides is 3. The van der Waals surface area contributed by atoms with Gasteiger partial charge >= 0.3 is 5.97 Å². The van der Waals surface area contributed by atoms with Crippen LogP contribution in [0.5, 0.6) is 0 Å². The number of unbranched alkanes of at least 4 members (excludes halogenated alkanes) is 1. The van der Waals surface area contributed by atoms with Gasteiger partial charge in [0.1, 0.15) is 18.1 Å². The van der Waals surface area contributed by atoms with E-state index in [9.17, 15) is 19.2 Å². The Labute approximate surface area is 163 Å². The number of carbonyl (C=O) groups is 4. The van der Waals surface area contributed by atoms with E-state index in [-0.39, 0.29) is 5.75 Å². The van der Waals surface area contributed by atoms with Crippen molar-refractivity contribution in [2.75, 3.05) is 18.9 Å². The summed E-state index contributed by atoms with van der Waals surface area (Å²) in [5.74, 6) is -3.53. The number of hydrogen-bond donors (Lipinski definition) is 8. The third-order valence-corrected chi connectivity index (χ3v) is 4.04. The van der Waals surface area contributed by atoms with Crippen LogP contribution in [-0.4, -0.2) is 77.0 Å². The molecular formula is C15H29N5O6S. The maximum atomic E-state index is 12.2. The van der Waals surface area contributed by atoms with E-state index in [1.54, 1.807) is 0 Å². The fraction of sp³-hybridized carbons (Fsp3) is 0.733. The lowest BCUT2D eigenvalue weighted by Crippen LogP contribution is -2.57. The van der Waals surface area contributed by atoms with Crippen LogP contribution in [0.25, 0.3) is 0 Å². The van der Waals surface area contributed by atoms with Crippen molar-refractivity contribution in [1.29, 1.82) is 0 Å². The molecule has 0 radical (unpaired) electrons. The minimum atomic E-state index is -1.50. The minimum absolute atomic E-state index is 0.116. The van der Waals surface area contributed by atoms with Crippen molar-refractivity contribution < 1.29 is 29.4 Å². The maximum Gasteiger partial charge on any atom is 0.328 e. The molecule has 156 valence electrons. The van der Waals surface area contributed by atoms with Gasteiger partial charge in [-0.25, -0.2) is 4.79 Å². The summed E-state index contributed by atoms with van der Waals surface area (Å²) in [6, 6.07) is -4.40. The smallest absolute Gasteiger partial charge is 0.328 e. The molecule has 11 nitrogen and oxygen atoms in total. The summed E-state index contributed by atoms with van der Waals surface area (Å²) in [5, 5.41) is 24.6. The summed E-state index contributed by atoms with van der Waals surface area (Å²) >= 11 is 3.95. The van der Waals surface area contributed by atoms with Crippen molar-refractivity contribution in [1.82, 2.24) is 16.0 Å². The predicted octanol–water partition coefficient (Wildman–Crippen LogP) is -3.08. The van der Waals surface area contributed by atoms with Crippen LogP contribution in [0, 0.1) is 0 Å². The van der Waals surface area contributed by atoms with Gasteiger partial charge in [0.25, 0.3) is 0 Å². The highest BCUT2D eigenvalue weighted by molar-refractivity contribution is 7.80. The molecule has 0 aliphatic heterocycles. The summed E-state index contributed by atoms with van der Waals surface area (Å²) in [4.78, 5) is 47.0. The Balaban J connectivity index is 4.62. The van der Waals surface area contributed by atoms with E-state index in [1.807, 2.05) is 0 Å². The van der Waals surface area contributed by atoms with Crippen LogP contribution in [0.2, 0.25) is 0 Å². The molecule has 12 heteroatoms. The molecule has 0 saturated heterocycles. The molecular weight excluding hydrogens is 378 g/mol. The molecule has 0 fully saturated rings. The Morgan fingerprint density at radius 3 is 2.07 bits per heavy atom. The largest absolute Gasteiger partial charge is 0.480 e. The fourth-order valence-corrected chi connectivity index (χ4v) is 2.23. The SMILES string of the molecule is CC(NC(=O)C(N)CCCCN)C(=O)NC(CS)C(=O)NC(CO)C(=O)O. The van der Waals surface area contributed by atoms with Gasteiger partial charge in [0.15, 0.2) is 0 Å². The van der Waals surface area contributed by atoms with Gasteiger partial charge in [-0.1, -0.05) is 6.42 Å². The van der Waals surface area contributed by atoms with E-state index in [2.05, 4.69) is 28.6 Å². The molecule has 0 bridgehead atoms. The molecule has 0 aliphatic rings. The standard InChI is InChI=1S/C15H29N5O6S/c1-8(18-13(23)9(17)4-2-3-5-16)12(22)20-11(7-27)14(24)19-10(6-21)15(25)26/h8-11,21,27H,2-7,16-17H2,1H3,(H,18,23)(H,19,24)(H,20,22)(H,25,26). The zero-order chi connectivity index (χ0) is 21.0. The van der Waals surface area contributed by atoms with Crippen molar-refractivity contribution in [3.63, 3.8) is 0 Å². The number of carboxylic acids is 1. The molecule has 0 heterocycles. The summed E-state index contributed by atoms with van der Waals surface area (Å²) < 4.78 is 0. The number of aliphatic hydroxyl groups excluding tert-OH is 1. The average molecular weight is 407 g/mol. The van der Waals surface area contributed by atoms with E-state index in [0.717, 1.165) is 6.42 Å². The summed E-state index contributed by atoms with van der Waals surface area (Å²) in [7, 11) is 0. The highest BCUT2D eigenvalue weighted by Crippen LogP contribution is 1.99. The summed E-state index contributed by atoms with van der Waals surface area (Å²) in [5.41, 5.74) is 11.1. The van der Waals surface area contributed by atoms with Gasteiger partial charge < -0.3 is 37.6 Å². The Morgan fingerprint density at radius 2 is 1.59 bits per heavy atom. The van der Waals surface area contributed by atoms with Gasteiger partial charge in [-0.15, -0.1) is 0 Å². The Bertz CT molecular complexity index is 521. The molecule has 0 aromatic heterocycles.